The molecule has 134 valence electrons. The predicted octanol–water partition coefficient (Wildman–Crippen LogP) is 5.61. The zero-order valence-electron chi connectivity index (χ0n) is 12.9. The molecule has 2 aromatic carbocycles. The van der Waals surface area contributed by atoms with E-state index in [2.05, 4.69) is 15.4 Å². The standard InChI is InChI=1S/C16H10Cl4N4OS/c17-10-6-11(18)14(20)15(13(10)19)22-12(25)7-26-16-21-8-24(23-16)9-4-2-1-3-5-9/h1-6,8H,7H2,(H,22,25). The zero-order valence-corrected chi connectivity index (χ0v) is 16.8. The first-order chi connectivity index (χ1) is 12.5. The molecule has 0 bridgehead atoms. The van der Waals surface area contributed by atoms with Gasteiger partial charge in [-0.05, 0) is 18.2 Å². The number of nitrogens with zero attached hydrogens (tertiary/aromatic N) is 3. The van der Waals surface area contributed by atoms with Gasteiger partial charge in [-0.2, -0.15) is 0 Å². The van der Waals surface area contributed by atoms with Crippen molar-refractivity contribution in [3.05, 3.63) is 62.8 Å². The van der Waals surface area contributed by atoms with Crippen molar-refractivity contribution in [2.75, 3.05) is 11.1 Å². The maximum atomic E-state index is 12.2. The lowest BCUT2D eigenvalue weighted by Gasteiger charge is -2.11. The number of para-hydroxylation sites is 1. The van der Waals surface area contributed by atoms with Crippen molar-refractivity contribution in [2.24, 2.45) is 0 Å². The Morgan fingerprint density at radius 2 is 1.73 bits per heavy atom. The summed E-state index contributed by atoms with van der Waals surface area (Å²) in [6.07, 6.45) is 1.58. The third-order valence-corrected chi connectivity index (χ3v) is 5.63. The van der Waals surface area contributed by atoms with Crippen LogP contribution in [-0.4, -0.2) is 26.4 Å². The van der Waals surface area contributed by atoms with Gasteiger partial charge in [0.25, 0.3) is 0 Å². The van der Waals surface area contributed by atoms with Gasteiger partial charge in [0.05, 0.1) is 37.2 Å². The van der Waals surface area contributed by atoms with E-state index in [0.29, 0.717) is 5.16 Å². The molecule has 1 heterocycles. The number of benzene rings is 2. The SMILES string of the molecule is O=C(CSc1ncn(-c2ccccc2)n1)Nc1c(Cl)c(Cl)cc(Cl)c1Cl. The van der Waals surface area contributed by atoms with E-state index in [9.17, 15) is 4.79 Å². The molecule has 0 aliphatic heterocycles. The third-order valence-electron chi connectivity index (χ3n) is 3.20. The van der Waals surface area contributed by atoms with Crippen LogP contribution >= 0.6 is 58.2 Å². The van der Waals surface area contributed by atoms with E-state index in [0.717, 1.165) is 5.69 Å². The van der Waals surface area contributed by atoms with Crippen molar-refractivity contribution in [3.63, 3.8) is 0 Å². The molecule has 0 saturated heterocycles. The maximum Gasteiger partial charge on any atom is 0.234 e. The topological polar surface area (TPSA) is 59.8 Å². The molecule has 1 aromatic heterocycles. The van der Waals surface area contributed by atoms with Crippen LogP contribution in [0.2, 0.25) is 20.1 Å². The van der Waals surface area contributed by atoms with Crippen LogP contribution in [0.4, 0.5) is 5.69 Å². The number of aromatic nitrogens is 3. The molecule has 0 unspecified atom stereocenters. The Morgan fingerprint density at radius 3 is 2.38 bits per heavy atom. The molecule has 0 atom stereocenters. The average molecular weight is 448 g/mol. The van der Waals surface area contributed by atoms with Gasteiger partial charge in [-0.15, -0.1) is 5.10 Å². The number of hydrogen-bond acceptors (Lipinski definition) is 4. The van der Waals surface area contributed by atoms with Crippen LogP contribution in [0.3, 0.4) is 0 Å². The minimum atomic E-state index is -0.340. The molecule has 1 amide bonds. The summed E-state index contributed by atoms with van der Waals surface area (Å²) in [7, 11) is 0. The van der Waals surface area contributed by atoms with E-state index in [-0.39, 0.29) is 37.4 Å². The molecule has 0 saturated carbocycles. The Balaban J connectivity index is 1.65. The zero-order chi connectivity index (χ0) is 18.7. The molecular formula is C16H10Cl4N4OS. The van der Waals surface area contributed by atoms with Gasteiger partial charge in [-0.1, -0.05) is 76.4 Å². The lowest BCUT2D eigenvalue weighted by atomic mass is 10.3. The monoisotopic (exact) mass is 446 g/mol. The van der Waals surface area contributed by atoms with Gasteiger partial charge in [0.2, 0.25) is 11.1 Å². The minimum absolute atomic E-state index is 0.0651. The Bertz CT molecular complexity index is 923. The van der Waals surface area contributed by atoms with Crippen molar-refractivity contribution < 1.29 is 4.79 Å². The Labute approximate surface area is 173 Å². The summed E-state index contributed by atoms with van der Waals surface area (Å²) < 4.78 is 1.63. The second kappa shape index (κ2) is 8.50. The van der Waals surface area contributed by atoms with E-state index in [4.69, 9.17) is 46.4 Å². The van der Waals surface area contributed by atoms with Crippen LogP contribution in [-0.2, 0) is 4.79 Å². The second-order valence-electron chi connectivity index (χ2n) is 4.99. The number of hydrogen-bond donors (Lipinski definition) is 1. The lowest BCUT2D eigenvalue weighted by molar-refractivity contribution is -0.113. The van der Waals surface area contributed by atoms with E-state index in [1.165, 1.54) is 17.8 Å². The molecule has 0 aliphatic carbocycles. The number of nitrogens with one attached hydrogen (secondary N) is 1. The van der Waals surface area contributed by atoms with Gasteiger partial charge in [0, 0.05) is 0 Å². The Hall–Kier alpha value is -1.44. The first kappa shape index (κ1) is 19.3. The number of anilines is 1. The largest absolute Gasteiger partial charge is 0.323 e. The van der Waals surface area contributed by atoms with E-state index < -0.39 is 0 Å². The summed E-state index contributed by atoms with van der Waals surface area (Å²) in [6, 6.07) is 10.9. The van der Waals surface area contributed by atoms with Gasteiger partial charge in [-0.3, -0.25) is 4.79 Å². The lowest BCUT2D eigenvalue weighted by Crippen LogP contribution is -2.15. The number of carbonyl (C=O) groups excluding carboxylic acids is 1. The number of halogens is 4. The van der Waals surface area contributed by atoms with Gasteiger partial charge in [0.15, 0.2) is 0 Å². The number of carbonyl (C=O) groups is 1. The van der Waals surface area contributed by atoms with Crippen LogP contribution in [0.1, 0.15) is 0 Å². The summed E-state index contributed by atoms with van der Waals surface area (Å²) in [5.41, 5.74) is 1.06. The molecule has 3 rings (SSSR count). The molecule has 3 aromatic rings. The van der Waals surface area contributed by atoms with Gasteiger partial charge < -0.3 is 5.32 Å². The fourth-order valence-electron chi connectivity index (χ4n) is 2.01. The van der Waals surface area contributed by atoms with Gasteiger partial charge >= 0.3 is 0 Å². The predicted molar refractivity (Wildman–Crippen MR) is 107 cm³/mol. The molecule has 26 heavy (non-hydrogen) atoms. The minimum Gasteiger partial charge on any atom is -0.323 e. The number of rotatable bonds is 5. The average Bonchev–Trinajstić information content (AvgIpc) is 3.12. The number of thioether (sulfide) groups is 1. The van der Waals surface area contributed by atoms with E-state index >= 15 is 0 Å². The highest BCUT2D eigenvalue weighted by molar-refractivity contribution is 7.99. The van der Waals surface area contributed by atoms with Gasteiger partial charge in [0.1, 0.15) is 6.33 Å². The fourth-order valence-corrected chi connectivity index (χ4v) is 3.51. The molecule has 0 radical (unpaired) electrons. The second-order valence-corrected chi connectivity index (χ2v) is 7.50. The quantitative estimate of drug-likeness (QED) is 0.407. The van der Waals surface area contributed by atoms with Crippen LogP contribution in [0.5, 0.6) is 0 Å². The normalized spacial score (nSPS) is 10.8. The highest BCUT2D eigenvalue weighted by Crippen LogP contribution is 2.41. The fraction of sp³-hybridized carbons (Fsp3) is 0.0625. The molecular weight excluding hydrogens is 438 g/mol. The summed E-state index contributed by atoms with van der Waals surface area (Å²) >= 11 is 25.2. The smallest absolute Gasteiger partial charge is 0.234 e. The molecule has 1 N–H and O–H groups in total. The molecule has 0 spiro atoms. The first-order valence-electron chi connectivity index (χ1n) is 7.18. The van der Waals surface area contributed by atoms with Crippen molar-refractivity contribution in [1.29, 1.82) is 0 Å². The van der Waals surface area contributed by atoms with E-state index in [1.54, 1.807) is 11.0 Å². The molecule has 5 nitrogen and oxygen atoms in total. The maximum absolute atomic E-state index is 12.2. The van der Waals surface area contributed by atoms with Crippen molar-refractivity contribution in [3.8, 4) is 5.69 Å². The van der Waals surface area contributed by atoms with Crippen LogP contribution < -0.4 is 5.32 Å². The molecule has 0 fully saturated rings. The Kier molecular flexibility index (Phi) is 6.32. The first-order valence-corrected chi connectivity index (χ1v) is 9.68. The van der Waals surface area contributed by atoms with Crippen molar-refractivity contribution in [1.82, 2.24) is 14.8 Å². The molecule has 10 heteroatoms. The van der Waals surface area contributed by atoms with Crippen LogP contribution in [0.15, 0.2) is 47.9 Å². The third kappa shape index (κ3) is 4.45. The highest BCUT2D eigenvalue weighted by atomic mass is 35.5. The van der Waals surface area contributed by atoms with Crippen LogP contribution in [0, 0.1) is 0 Å². The van der Waals surface area contributed by atoms with Crippen molar-refractivity contribution in [2.45, 2.75) is 5.16 Å². The van der Waals surface area contributed by atoms with E-state index in [1.807, 2.05) is 30.3 Å². The van der Waals surface area contributed by atoms with Crippen LogP contribution in [0.25, 0.3) is 5.69 Å². The Morgan fingerprint density at radius 1 is 1.08 bits per heavy atom. The summed E-state index contributed by atoms with van der Waals surface area (Å²) in [5, 5.41) is 8.06. The van der Waals surface area contributed by atoms with Gasteiger partial charge in [-0.25, -0.2) is 9.67 Å². The number of amides is 1. The highest BCUT2D eigenvalue weighted by Gasteiger charge is 2.17. The van der Waals surface area contributed by atoms with Crippen molar-refractivity contribution >= 4 is 69.8 Å². The molecule has 0 aliphatic rings. The summed E-state index contributed by atoms with van der Waals surface area (Å²) in [4.78, 5) is 16.4. The summed E-state index contributed by atoms with van der Waals surface area (Å²) in [5.74, 6) is -0.275. The summed E-state index contributed by atoms with van der Waals surface area (Å²) in [6.45, 7) is 0.